The Labute approximate surface area is 88.2 Å². The minimum atomic E-state index is -2.60. The van der Waals surface area contributed by atoms with Crippen molar-refractivity contribution in [2.45, 2.75) is 45.1 Å². The molecule has 88 valence electrons. The van der Waals surface area contributed by atoms with E-state index in [9.17, 15) is 13.6 Å². The highest BCUT2D eigenvalue weighted by atomic mass is 19.3. The van der Waals surface area contributed by atoms with Crippen LogP contribution in [0.15, 0.2) is 0 Å². The number of rotatable bonds is 3. The number of nitrogens with one attached hydrogen (secondary N) is 1. The number of halogens is 2. The first kappa shape index (κ1) is 12.2. The molecule has 0 atom stereocenters. The summed E-state index contributed by atoms with van der Waals surface area (Å²) in [7, 11) is 0. The number of hydrogen-bond donors (Lipinski definition) is 1. The van der Waals surface area contributed by atoms with E-state index in [2.05, 4.69) is 17.0 Å². The fourth-order valence-electron chi connectivity index (χ4n) is 1.75. The van der Waals surface area contributed by atoms with Gasteiger partial charge in [0.25, 0.3) is 6.43 Å². The fraction of sp³-hybridized carbons (Fsp3) is 0.900. The third kappa shape index (κ3) is 4.95. The summed E-state index contributed by atoms with van der Waals surface area (Å²) >= 11 is 0. The Morgan fingerprint density at radius 2 is 2.00 bits per heavy atom. The van der Waals surface area contributed by atoms with E-state index in [-0.39, 0.29) is 6.04 Å². The molecule has 0 aromatic heterocycles. The number of carbonyl (C=O) groups excluding carboxylic acids is 1. The van der Waals surface area contributed by atoms with E-state index in [4.69, 9.17) is 0 Å². The molecule has 0 bridgehead atoms. The van der Waals surface area contributed by atoms with Crippen molar-refractivity contribution in [1.29, 1.82) is 0 Å². The van der Waals surface area contributed by atoms with Crippen LogP contribution in [0.4, 0.5) is 13.6 Å². The van der Waals surface area contributed by atoms with E-state index in [1.54, 1.807) is 0 Å². The Balaban J connectivity index is 2.15. The second kappa shape index (κ2) is 5.88. The van der Waals surface area contributed by atoms with Crippen LogP contribution in [0.1, 0.15) is 32.6 Å². The molecule has 0 radical (unpaired) electrons. The van der Waals surface area contributed by atoms with Crippen molar-refractivity contribution in [3.8, 4) is 0 Å². The van der Waals surface area contributed by atoms with Crippen molar-refractivity contribution >= 4 is 6.09 Å². The predicted molar refractivity (Wildman–Crippen MR) is 51.9 cm³/mol. The summed E-state index contributed by atoms with van der Waals surface area (Å²) in [5, 5.41) is 2.60. The lowest BCUT2D eigenvalue weighted by atomic mass is 9.87. The lowest BCUT2D eigenvalue weighted by molar-refractivity contribution is 0.0467. The zero-order chi connectivity index (χ0) is 11.3. The van der Waals surface area contributed by atoms with Gasteiger partial charge in [0, 0.05) is 6.04 Å². The molecule has 0 saturated heterocycles. The lowest BCUT2D eigenvalue weighted by Gasteiger charge is -2.26. The summed E-state index contributed by atoms with van der Waals surface area (Å²) < 4.78 is 27.8. The summed E-state index contributed by atoms with van der Waals surface area (Å²) in [5.74, 6) is 0.695. The second-order valence-corrected chi connectivity index (χ2v) is 4.09. The molecule has 0 aromatic carbocycles. The van der Waals surface area contributed by atoms with Gasteiger partial charge in [-0.1, -0.05) is 6.92 Å². The van der Waals surface area contributed by atoms with E-state index < -0.39 is 19.1 Å². The molecule has 0 aromatic rings. The van der Waals surface area contributed by atoms with Crippen LogP contribution < -0.4 is 5.32 Å². The summed E-state index contributed by atoms with van der Waals surface area (Å²) in [6.07, 6.45) is 0.632. The Bertz CT molecular complexity index is 204. The van der Waals surface area contributed by atoms with Crippen LogP contribution in [-0.4, -0.2) is 25.2 Å². The average molecular weight is 221 g/mol. The number of hydrogen-bond acceptors (Lipinski definition) is 2. The van der Waals surface area contributed by atoms with Gasteiger partial charge in [0.05, 0.1) is 0 Å². The highest BCUT2D eigenvalue weighted by Crippen LogP contribution is 2.23. The van der Waals surface area contributed by atoms with E-state index in [0.29, 0.717) is 5.92 Å². The molecule has 1 rings (SSSR count). The molecule has 1 N–H and O–H groups in total. The molecule has 15 heavy (non-hydrogen) atoms. The average Bonchev–Trinajstić information content (AvgIpc) is 2.19. The van der Waals surface area contributed by atoms with Crippen LogP contribution in [0.5, 0.6) is 0 Å². The van der Waals surface area contributed by atoms with Crippen LogP contribution in [0.3, 0.4) is 0 Å². The van der Waals surface area contributed by atoms with Crippen LogP contribution in [0.2, 0.25) is 0 Å². The van der Waals surface area contributed by atoms with E-state index in [1.807, 2.05) is 0 Å². The summed E-state index contributed by atoms with van der Waals surface area (Å²) in [5.41, 5.74) is 0. The van der Waals surface area contributed by atoms with Crippen LogP contribution in [0.25, 0.3) is 0 Å². The standard InChI is InChI=1S/C10H17F2NO2/c1-7-2-4-8(5-3-7)13-10(14)15-6-9(11)12/h7-9H,2-6H2,1H3,(H,13,14)/t7-,8-. The SMILES string of the molecule is C[C@H]1CC[C@H](NC(=O)OCC(F)F)CC1. The van der Waals surface area contributed by atoms with Gasteiger partial charge in [0.1, 0.15) is 0 Å². The number of amides is 1. The highest BCUT2D eigenvalue weighted by molar-refractivity contribution is 5.67. The zero-order valence-corrected chi connectivity index (χ0v) is 8.84. The van der Waals surface area contributed by atoms with Gasteiger partial charge in [0.2, 0.25) is 0 Å². The maximum absolute atomic E-state index is 11.7. The van der Waals surface area contributed by atoms with Gasteiger partial charge in [0.15, 0.2) is 6.61 Å². The molecule has 0 spiro atoms. The lowest BCUT2D eigenvalue weighted by Crippen LogP contribution is -2.38. The molecule has 0 unspecified atom stereocenters. The van der Waals surface area contributed by atoms with Gasteiger partial charge in [-0.05, 0) is 31.6 Å². The largest absolute Gasteiger partial charge is 0.443 e. The van der Waals surface area contributed by atoms with Gasteiger partial charge in [-0.25, -0.2) is 13.6 Å². The Morgan fingerprint density at radius 1 is 1.40 bits per heavy atom. The van der Waals surface area contributed by atoms with Crippen molar-refractivity contribution in [3.05, 3.63) is 0 Å². The maximum Gasteiger partial charge on any atom is 0.407 e. The molecule has 0 aliphatic heterocycles. The van der Waals surface area contributed by atoms with E-state index >= 15 is 0 Å². The molecule has 1 fully saturated rings. The minimum absolute atomic E-state index is 0.0892. The zero-order valence-electron chi connectivity index (χ0n) is 8.84. The van der Waals surface area contributed by atoms with Crippen LogP contribution in [0, 0.1) is 5.92 Å². The normalized spacial score (nSPS) is 26.4. The number of carbonyl (C=O) groups is 1. The van der Waals surface area contributed by atoms with Gasteiger partial charge in [-0.2, -0.15) is 0 Å². The third-order valence-electron chi connectivity index (χ3n) is 2.68. The molecule has 1 saturated carbocycles. The number of ether oxygens (including phenoxy) is 1. The first-order valence-electron chi connectivity index (χ1n) is 5.29. The molecule has 0 heterocycles. The van der Waals surface area contributed by atoms with E-state index in [1.165, 1.54) is 0 Å². The Morgan fingerprint density at radius 3 is 2.53 bits per heavy atom. The van der Waals surface area contributed by atoms with Gasteiger partial charge < -0.3 is 10.1 Å². The van der Waals surface area contributed by atoms with E-state index in [0.717, 1.165) is 25.7 Å². The molecule has 1 aliphatic carbocycles. The Hall–Kier alpha value is -0.870. The topological polar surface area (TPSA) is 38.3 Å². The third-order valence-corrected chi connectivity index (χ3v) is 2.68. The van der Waals surface area contributed by atoms with Gasteiger partial charge in [-0.3, -0.25) is 0 Å². The van der Waals surface area contributed by atoms with Crippen LogP contribution >= 0.6 is 0 Å². The molecule has 5 heteroatoms. The van der Waals surface area contributed by atoms with Crippen molar-refractivity contribution in [3.63, 3.8) is 0 Å². The summed E-state index contributed by atoms with van der Waals surface area (Å²) in [6, 6.07) is 0.0892. The number of alkyl carbamates (subject to hydrolysis) is 1. The summed E-state index contributed by atoms with van der Waals surface area (Å²) in [4.78, 5) is 11.0. The maximum atomic E-state index is 11.7. The quantitative estimate of drug-likeness (QED) is 0.795. The summed E-state index contributed by atoms with van der Waals surface area (Å²) in [6.45, 7) is 1.35. The number of alkyl halides is 2. The van der Waals surface area contributed by atoms with Crippen molar-refractivity contribution < 1.29 is 18.3 Å². The highest BCUT2D eigenvalue weighted by Gasteiger charge is 2.20. The van der Waals surface area contributed by atoms with Gasteiger partial charge >= 0.3 is 6.09 Å². The molecule has 3 nitrogen and oxygen atoms in total. The van der Waals surface area contributed by atoms with Crippen molar-refractivity contribution in [2.24, 2.45) is 5.92 Å². The molecular formula is C10H17F2NO2. The Kier molecular flexibility index (Phi) is 4.78. The monoisotopic (exact) mass is 221 g/mol. The van der Waals surface area contributed by atoms with Gasteiger partial charge in [-0.15, -0.1) is 0 Å². The second-order valence-electron chi connectivity index (χ2n) is 4.09. The predicted octanol–water partition coefficient (Wildman–Crippen LogP) is 2.56. The molecular weight excluding hydrogens is 204 g/mol. The fourth-order valence-corrected chi connectivity index (χ4v) is 1.75. The first-order chi connectivity index (χ1) is 7.08. The first-order valence-corrected chi connectivity index (χ1v) is 5.29. The van der Waals surface area contributed by atoms with Crippen molar-refractivity contribution in [2.75, 3.05) is 6.61 Å². The smallest absolute Gasteiger partial charge is 0.407 e. The van der Waals surface area contributed by atoms with Crippen molar-refractivity contribution in [1.82, 2.24) is 5.32 Å². The molecule has 1 amide bonds. The minimum Gasteiger partial charge on any atom is -0.443 e. The molecule has 1 aliphatic rings. The van der Waals surface area contributed by atoms with Crippen LogP contribution in [-0.2, 0) is 4.74 Å².